The fraction of sp³-hybridized carbons (Fsp3) is 0.562. The zero-order valence-electron chi connectivity index (χ0n) is 13.5. The molecule has 0 amide bonds. The lowest BCUT2D eigenvalue weighted by Crippen LogP contribution is -2.41. The van der Waals surface area contributed by atoms with Crippen LogP contribution < -0.4 is 10.8 Å². The van der Waals surface area contributed by atoms with Crippen molar-refractivity contribution in [2.75, 3.05) is 5.32 Å². The average molecular weight is 316 g/mol. The van der Waals surface area contributed by atoms with E-state index in [4.69, 9.17) is 9.31 Å². The van der Waals surface area contributed by atoms with Gasteiger partial charge < -0.3 is 14.6 Å². The van der Waals surface area contributed by atoms with Crippen molar-refractivity contribution < 1.29 is 9.31 Å². The lowest BCUT2D eigenvalue weighted by molar-refractivity contribution is 0.00578. The molecule has 22 heavy (non-hydrogen) atoms. The molecule has 116 valence electrons. The predicted octanol–water partition coefficient (Wildman–Crippen LogP) is 3.17. The van der Waals surface area contributed by atoms with Gasteiger partial charge in [-0.25, -0.2) is 4.98 Å². The van der Waals surface area contributed by atoms with E-state index >= 15 is 0 Å². The van der Waals surface area contributed by atoms with Crippen molar-refractivity contribution in [3.05, 3.63) is 18.2 Å². The van der Waals surface area contributed by atoms with Gasteiger partial charge in [0.1, 0.15) is 0 Å². The molecule has 1 saturated heterocycles. The number of hydrogen-bond donors (Lipinski definition) is 1. The van der Waals surface area contributed by atoms with E-state index in [1.165, 1.54) is 17.5 Å². The molecule has 6 heteroatoms. The number of hydrogen-bond acceptors (Lipinski definition) is 5. The summed E-state index contributed by atoms with van der Waals surface area (Å²) in [5.74, 6) is 0. The maximum Gasteiger partial charge on any atom is 0.494 e. The van der Waals surface area contributed by atoms with Crippen LogP contribution in [0.4, 0.5) is 5.13 Å². The maximum atomic E-state index is 6.13. The second-order valence-electron chi connectivity index (χ2n) is 7.25. The Balaban J connectivity index is 1.62. The zero-order valence-corrected chi connectivity index (χ0v) is 14.3. The average Bonchev–Trinajstić information content (AvgIpc) is 3.08. The molecule has 0 spiro atoms. The number of thiazole rings is 1. The molecule has 0 bridgehead atoms. The Kier molecular flexibility index (Phi) is 3.09. The van der Waals surface area contributed by atoms with E-state index < -0.39 is 0 Å². The van der Waals surface area contributed by atoms with E-state index in [0.29, 0.717) is 6.04 Å². The van der Waals surface area contributed by atoms with Gasteiger partial charge in [0, 0.05) is 6.04 Å². The topological polar surface area (TPSA) is 43.4 Å². The van der Waals surface area contributed by atoms with E-state index in [2.05, 4.69) is 56.2 Å². The van der Waals surface area contributed by atoms with Gasteiger partial charge in [0.05, 0.1) is 21.4 Å². The maximum absolute atomic E-state index is 6.13. The van der Waals surface area contributed by atoms with E-state index in [-0.39, 0.29) is 18.3 Å². The predicted molar refractivity (Wildman–Crippen MR) is 92.0 cm³/mol. The summed E-state index contributed by atoms with van der Waals surface area (Å²) < 4.78 is 13.4. The summed E-state index contributed by atoms with van der Waals surface area (Å²) in [6, 6.07) is 6.89. The van der Waals surface area contributed by atoms with E-state index in [0.717, 1.165) is 16.1 Å². The summed E-state index contributed by atoms with van der Waals surface area (Å²) in [7, 11) is -0.309. The Morgan fingerprint density at radius 3 is 2.50 bits per heavy atom. The van der Waals surface area contributed by atoms with Crippen LogP contribution >= 0.6 is 11.3 Å². The summed E-state index contributed by atoms with van der Waals surface area (Å²) in [5, 5.41) is 4.48. The molecule has 0 radical (unpaired) electrons. The van der Waals surface area contributed by atoms with Crippen molar-refractivity contribution in [2.45, 2.75) is 57.8 Å². The van der Waals surface area contributed by atoms with Crippen LogP contribution in [-0.4, -0.2) is 29.3 Å². The van der Waals surface area contributed by atoms with Crippen molar-refractivity contribution in [1.29, 1.82) is 0 Å². The van der Waals surface area contributed by atoms with Gasteiger partial charge in [0.15, 0.2) is 5.13 Å². The van der Waals surface area contributed by atoms with Crippen LogP contribution in [0.2, 0.25) is 0 Å². The molecule has 0 atom stereocenters. The van der Waals surface area contributed by atoms with Crippen LogP contribution in [-0.2, 0) is 9.31 Å². The summed E-state index contributed by atoms with van der Waals surface area (Å²) >= 11 is 1.71. The number of fused-ring (bicyclic) bond motifs is 1. The van der Waals surface area contributed by atoms with Crippen molar-refractivity contribution in [1.82, 2.24) is 4.98 Å². The number of nitrogens with one attached hydrogen (secondary N) is 1. The highest BCUT2D eigenvalue weighted by Crippen LogP contribution is 2.37. The van der Waals surface area contributed by atoms with Crippen LogP contribution in [0.5, 0.6) is 0 Å². The molecular weight excluding hydrogens is 295 g/mol. The van der Waals surface area contributed by atoms with Crippen molar-refractivity contribution in [3.63, 3.8) is 0 Å². The van der Waals surface area contributed by atoms with Gasteiger partial charge in [-0.3, -0.25) is 0 Å². The first-order chi connectivity index (χ1) is 10.3. The Labute approximate surface area is 135 Å². The molecule has 0 unspecified atom stereocenters. The number of nitrogens with zero attached hydrogens (tertiary/aromatic N) is 1. The van der Waals surface area contributed by atoms with Crippen LogP contribution in [0.25, 0.3) is 10.2 Å². The van der Waals surface area contributed by atoms with Crippen molar-refractivity contribution in [3.8, 4) is 0 Å². The summed E-state index contributed by atoms with van der Waals surface area (Å²) in [6.07, 6.45) is 2.52. The Hall–Kier alpha value is -1.11. The molecule has 4 nitrogen and oxygen atoms in total. The first-order valence-corrected chi connectivity index (χ1v) is 8.68. The lowest BCUT2D eigenvalue weighted by Gasteiger charge is -2.32. The van der Waals surface area contributed by atoms with E-state index in [1.807, 2.05) is 0 Å². The fourth-order valence-corrected chi connectivity index (χ4v) is 3.52. The summed E-state index contributed by atoms with van der Waals surface area (Å²) in [6.45, 7) is 8.32. The van der Waals surface area contributed by atoms with Gasteiger partial charge in [-0.2, -0.15) is 0 Å². The van der Waals surface area contributed by atoms with Crippen LogP contribution in [0.15, 0.2) is 18.2 Å². The first kappa shape index (κ1) is 14.5. The molecule has 1 aromatic heterocycles. The smallest absolute Gasteiger partial charge is 0.399 e. The van der Waals surface area contributed by atoms with E-state index in [9.17, 15) is 0 Å². The molecule has 1 aromatic carbocycles. The van der Waals surface area contributed by atoms with Crippen molar-refractivity contribution >= 4 is 39.3 Å². The summed E-state index contributed by atoms with van der Waals surface area (Å²) in [4.78, 5) is 4.64. The minimum absolute atomic E-state index is 0.307. The Bertz CT molecular complexity index is 708. The highest BCUT2D eigenvalue weighted by molar-refractivity contribution is 7.22. The largest absolute Gasteiger partial charge is 0.494 e. The van der Waals surface area contributed by atoms with Gasteiger partial charge in [-0.1, -0.05) is 17.4 Å². The van der Waals surface area contributed by atoms with Crippen molar-refractivity contribution in [2.24, 2.45) is 0 Å². The van der Waals surface area contributed by atoms with Crippen LogP contribution in [0, 0.1) is 0 Å². The summed E-state index contributed by atoms with van der Waals surface area (Å²) in [5.41, 5.74) is 1.49. The number of benzene rings is 1. The third kappa shape index (κ3) is 2.43. The minimum Gasteiger partial charge on any atom is -0.399 e. The zero-order chi connectivity index (χ0) is 15.5. The highest BCUT2D eigenvalue weighted by atomic mass is 32.1. The number of rotatable bonds is 3. The third-order valence-corrected chi connectivity index (χ3v) is 5.79. The number of aromatic nitrogens is 1. The van der Waals surface area contributed by atoms with Crippen LogP contribution in [0.3, 0.4) is 0 Å². The molecule has 2 heterocycles. The SMILES string of the molecule is CC1(C)OB(c2ccc3nc(NC4CC4)sc3c2)OC1(C)C. The fourth-order valence-electron chi connectivity index (χ4n) is 2.53. The standard InChI is InChI=1S/C16H21BN2O2S/c1-15(2)16(3,4)21-17(20-15)10-5-8-12-13(9-10)22-14(19-12)18-11-6-7-11/h5,8-9,11H,6-7H2,1-4H3,(H,18,19). The molecule has 1 aliphatic carbocycles. The van der Waals surface area contributed by atoms with Gasteiger partial charge in [-0.15, -0.1) is 0 Å². The van der Waals surface area contributed by atoms with Gasteiger partial charge in [0.2, 0.25) is 0 Å². The normalized spacial score (nSPS) is 23.2. The molecule has 4 rings (SSSR count). The molecular formula is C16H21BN2O2S. The Morgan fingerprint density at radius 2 is 1.86 bits per heavy atom. The molecule has 1 aliphatic heterocycles. The van der Waals surface area contributed by atoms with Gasteiger partial charge in [0.25, 0.3) is 0 Å². The van der Waals surface area contributed by atoms with Gasteiger partial charge in [-0.05, 0) is 58.1 Å². The first-order valence-electron chi connectivity index (χ1n) is 7.87. The lowest BCUT2D eigenvalue weighted by atomic mass is 9.79. The second kappa shape index (κ2) is 4.70. The molecule has 2 fully saturated rings. The molecule has 2 aromatic rings. The Morgan fingerprint density at radius 1 is 1.18 bits per heavy atom. The van der Waals surface area contributed by atoms with Crippen LogP contribution in [0.1, 0.15) is 40.5 Å². The monoisotopic (exact) mass is 316 g/mol. The second-order valence-corrected chi connectivity index (χ2v) is 8.28. The number of anilines is 1. The molecule has 1 saturated carbocycles. The molecule has 1 N–H and O–H groups in total. The quantitative estimate of drug-likeness (QED) is 0.883. The van der Waals surface area contributed by atoms with E-state index in [1.54, 1.807) is 11.3 Å². The minimum atomic E-state index is -0.309. The third-order valence-electron chi connectivity index (χ3n) is 4.84. The molecule has 2 aliphatic rings. The highest BCUT2D eigenvalue weighted by Gasteiger charge is 2.51. The van der Waals surface area contributed by atoms with Gasteiger partial charge >= 0.3 is 7.12 Å².